The minimum atomic E-state index is 0.0656. The van der Waals surface area contributed by atoms with Gasteiger partial charge < -0.3 is 9.64 Å². The van der Waals surface area contributed by atoms with Crippen LogP contribution in [0.1, 0.15) is 46.4 Å². The first kappa shape index (κ1) is 19.7. The lowest BCUT2D eigenvalue weighted by atomic mass is 9.90. The second-order valence-electron chi connectivity index (χ2n) is 8.73. The molecule has 1 aromatic carbocycles. The van der Waals surface area contributed by atoms with Crippen LogP contribution in [-0.4, -0.2) is 49.5 Å². The van der Waals surface area contributed by atoms with Crippen LogP contribution in [-0.2, 0) is 0 Å². The fourth-order valence-corrected chi connectivity index (χ4v) is 5.02. The van der Waals surface area contributed by atoms with Gasteiger partial charge >= 0.3 is 0 Å². The SMILES string of the molecule is Cc1ccc(-n2nccn2)c(C(=O)N2C3CCC2C(COc2nc(C)ccc2C)C3)c1. The molecule has 2 fully saturated rings. The second kappa shape index (κ2) is 7.80. The third-order valence-corrected chi connectivity index (χ3v) is 6.54. The van der Waals surface area contributed by atoms with Gasteiger partial charge in [-0.3, -0.25) is 4.79 Å². The zero-order chi connectivity index (χ0) is 21.5. The van der Waals surface area contributed by atoms with Crippen LogP contribution in [0.15, 0.2) is 42.7 Å². The molecule has 2 aliphatic heterocycles. The Balaban J connectivity index is 1.37. The molecule has 4 heterocycles. The lowest BCUT2D eigenvalue weighted by Gasteiger charge is -2.25. The maximum absolute atomic E-state index is 13.7. The minimum absolute atomic E-state index is 0.0656. The molecule has 160 valence electrons. The van der Waals surface area contributed by atoms with Crippen molar-refractivity contribution in [1.82, 2.24) is 24.9 Å². The zero-order valence-corrected chi connectivity index (χ0v) is 18.2. The summed E-state index contributed by atoms with van der Waals surface area (Å²) in [6, 6.07) is 10.3. The summed E-state index contributed by atoms with van der Waals surface area (Å²) < 4.78 is 6.12. The predicted molar refractivity (Wildman–Crippen MR) is 116 cm³/mol. The van der Waals surface area contributed by atoms with Crippen LogP contribution in [0.4, 0.5) is 0 Å². The first-order chi connectivity index (χ1) is 15.0. The number of hydrogen-bond acceptors (Lipinski definition) is 5. The minimum Gasteiger partial charge on any atom is -0.477 e. The molecule has 2 bridgehead atoms. The maximum Gasteiger partial charge on any atom is 0.256 e. The third-order valence-electron chi connectivity index (χ3n) is 6.54. The van der Waals surface area contributed by atoms with E-state index >= 15 is 0 Å². The molecule has 2 saturated heterocycles. The van der Waals surface area contributed by atoms with Crippen molar-refractivity contribution in [3.05, 3.63) is 65.1 Å². The first-order valence-electron chi connectivity index (χ1n) is 10.9. The van der Waals surface area contributed by atoms with Gasteiger partial charge in [0.25, 0.3) is 5.91 Å². The van der Waals surface area contributed by atoms with Crippen molar-refractivity contribution in [2.24, 2.45) is 5.92 Å². The van der Waals surface area contributed by atoms with E-state index in [1.807, 2.05) is 51.1 Å². The summed E-state index contributed by atoms with van der Waals surface area (Å²) in [6.07, 6.45) is 6.30. The molecule has 31 heavy (non-hydrogen) atoms. The van der Waals surface area contributed by atoms with Crippen molar-refractivity contribution in [3.8, 4) is 11.6 Å². The van der Waals surface area contributed by atoms with Crippen molar-refractivity contribution in [2.45, 2.75) is 52.1 Å². The van der Waals surface area contributed by atoms with Crippen molar-refractivity contribution in [3.63, 3.8) is 0 Å². The van der Waals surface area contributed by atoms with Gasteiger partial charge in [0.05, 0.1) is 30.3 Å². The molecule has 0 spiro atoms. The number of pyridine rings is 1. The Labute approximate surface area is 182 Å². The Morgan fingerprint density at radius 1 is 1.10 bits per heavy atom. The number of aryl methyl sites for hydroxylation is 3. The van der Waals surface area contributed by atoms with Crippen LogP contribution >= 0.6 is 0 Å². The molecule has 0 radical (unpaired) electrons. The lowest BCUT2D eigenvalue weighted by Crippen LogP contribution is -2.38. The summed E-state index contributed by atoms with van der Waals surface area (Å²) in [5, 5.41) is 8.48. The molecular formula is C24H27N5O2. The van der Waals surface area contributed by atoms with E-state index in [-0.39, 0.29) is 18.0 Å². The van der Waals surface area contributed by atoms with Crippen LogP contribution in [0.2, 0.25) is 0 Å². The summed E-state index contributed by atoms with van der Waals surface area (Å²) in [7, 11) is 0. The highest BCUT2D eigenvalue weighted by Crippen LogP contribution is 2.43. The van der Waals surface area contributed by atoms with E-state index in [4.69, 9.17) is 4.74 Å². The number of fused-ring (bicyclic) bond motifs is 2. The quantitative estimate of drug-likeness (QED) is 0.633. The van der Waals surface area contributed by atoms with E-state index in [0.717, 1.165) is 41.8 Å². The Morgan fingerprint density at radius 3 is 2.71 bits per heavy atom. The molecular weight excluding hydrogens is 390 g/mol. The number of hydrogen-bond donors (Lipinski definition) is 0. The molecule has 2 aliphatic rings. The number of benzene rings is 1. The Morgan fingerprint density at radius 2 is 1.90 bits per heavy atom. The summed E-state index contributed by atoms with van der Waals surface area (Å²) in [6.45, 7) is 6.58. The van der Waals surface area contributed by atoms with Crippen LogP contribution in [0.3, 0.4) is 0 Å². The van der Waals surface area contributed by atoms with Crippen LogP contribution in [0.25, 0.3) is 5.69 Å². The number of ether oxygens (including phenoxy) is 1. The van der Waals surface area contributed by atoms with Crippen molar-refractivity contribution < 1.29 is 9.53 Å². The van der Waals surface area contributed by atoms with Gasteiger partial charge in [0.15, 0.2) is 0 Å². The fraction of sp³-hybridized carbons (Fsp3) is 0.417. The van der Waals surface area contributed by atoms with Crippen molar-refractivity contribution in [1.29, 1.82) is 0 Å². The number of rotatable bonds is 5. The molecule has 0 saturated carbocycles. The van der Waals surface area contributed by atoms with Gasteiger partial charge in [0.2, 0.25) is 5.88 Å². The largest absolute Gasteiger partial charge is 0.477 e. The number of carbonyl (C=O) groups excluding carboxylic acids is 1. The number of nitrogens with zero attached hydrogens (tertiary/aromatic N) is 5. The molecule has 3 aromatic rings. The summed E-state index contributed by atoms with van der Waals surface area (Å²) in [4.78, 5) is 21.8. The van der Waals surface area contributed by atoms with Crippen LogP contribution in [0.5, 0.6) is 5.88 Å². The van der Waals surface area contributed by atoms with Gasteiger partial charge in [-0.25, -0.2) is 4.98 Å². The van der Waals surface area contributed by atoms with Crippen LogP contribution < -0.4 is 4.74 Å². The van der Waals surface area contributed by atoms with Crippen LogP contribution in [0, 0.1) is 26.7 Å². The number of aromatic nitrogens is 4. The topological polar surface area (TPSA) is 73.1 Å². The molecule has 3 atom stereocenters. The zero-order valence-electron chi connectivity index (χ0n) is 18.2. The second-order valence-corrected chi connectivity index (χ2v) is 8.73. The Hall–Kier alpha value is -3.22. The maximum atomic E-state index is 13.7. The normalized spacial score (nSPS) is 22.2. The molecule has 0 aliphatic carbocycles. The summed E-state index contributed by atoms with van der Waals surface area (Å²) in [5.74, 6) is 1.09. The molecule has 7 heteroatoms. The standard InChI is InChI=1S/C24H27N5O2/c1-15-4-8-22(29-25-10-11-26-29)20(12-15)24(30)28-19-7-9-21(28)18(13-19)14-31-23-16(2)5-6-17(3)27-23/h4-6,8,10-12,18-19,21H,7,9,13-14H2,1-3H3. The molecule has 3 unspecified atom stereocenters. The van der Waals surface area contributed by atoms with Gasteiger partial charge in [0.1, 0.15) is 0 Å². The molecule has 1 amide bonds. The highest BCUT2D eigenvalue weighted by atomic mass is 16.5. The highest BCUT2D eigenvalue weighted by Gasteiger charge is 2.49. The molecule has 7 nitrogen and oxygen atoms in total. The van der Waals surface area contributed by atoms with E-state index in [0.29, 0.717) is 24.0 Å². The summed E-state index contributed by atoms with van der Waals surface area (Å²) in [5.41, 5.74) is 4.42. The first-order valence-corrected chi connectivity index (χ1v) is 10.9. The molecule has 2 aromatic heterocycles. The van der Waals surface area contributed by atoms with Crippen molar-refractivity contribution >= 4 is 5.91 Å². The van der Waals surface area contributed by atoms with Gasteiger partial charge in [-0.1, -0.05) is 17.7 Å². The average Bonchev–Trinajstić information content (AvgIpc) is 3.50. The van der Waals surface area contributed by atoms with Gasteiger partial charge in [-0.05, 0) is 58.2 Å². The predicted octanol–water partition coefficient (Wildman–Crippen LogP) is 3.66. The number of carbonyl (C=O) groups is 1. The number of amides is 1. The van der Waals surface area contributed by atoms with Gasteiger partial charge in [-0.15, -0.1) is 0 Å². The highest BCUT2D eigenvalue weighted by molar-refractivity contribution is 5.98. The lowest BCUT2D eigenvalue weighted by molar-refractivity contribution is 0.0709. The van der Waals surface area contributed by atoms with Gasteiger partial charge in [0, 0.05) is 29.3 Å². The fourth-order valence-electron chi connectivity index (χ4n) is 5.02. The Bertz CT molecular complexity index is 1110. The van der Waals surface area contributed by atoms with E-state index in [2.05, 4.69) is 20.1 Å². The third kappa shape index (κ3) is 3.58. The van der Waals surface area contributed by atoms with Gasteiger partial charge in [-0.2, -0.15) is 15.0 Å². The van der Waals surface area contributed by atoms with E-state index in [1.54, 1.807) is 12.4 Å². The Kier molecular flexibility index (Phi) is 4.96. The molecule has 5 rings (SSSR count). The average molecular weight is 418 g/mol. The van der Waals surface area contributed by atoms with E-state index in [1.165, 1.54) is 4.80 Å². The summed E-state index contributed by atoms with van der Waals surface area (Å²) >= 11 is 0. The van der Waals surface area contributed by atoms with Crippen molar-refractivity contribution in [2.75, 3.05) is 6.61 Å². The van der Waals surface area contributed by atoms with E-state index in [9.17, 15) is 4.79 Å². The monoisotopic (exact) mass is 417 g/mol. The smallest absolute Gasteiger partial charge is 0.256 e. The molecule has 0 N–H and O–H groups in total. The van der Waals surface area contributed by atoms with E-state index < -0.39 is 0 Å².